The summed E-state index contributed by atoms with van der Waals surface area (Å²) in [6.07, 6.45) is 1.22. The third kappa shape index (κ3) is 3.91. The van der Waals surface area contributed by atoms with Gasteiger partial charge in [0, 0.05) is 31.7 Å². The van der Waals surface area contributed by atoms with E-state index in [0.717, 1.165) is 28.3 Å². The lowest BCUT2D eigenvalue weighted by atomic mass is 10.0. The van der Waals surface area contributed by atoms with Crippen molar-refractivity contribution in [2.75, 3.05) is 26.2 Å². The van der Waals surface area contributed by atoms with Crippen LogP contribution < -0.4 is 0 Å². The van der Waals surface area contributed by atoms with Crippen LogP contribution in [0.4, 0.5) is 0 Å². The van der Waals surface area contributed by atoms with Crippen molar-refractivity contribution in [3.63, 3.8) is 0 Å². The lowest BCUT2D eigenvalue weighted by Crippen LogP contribution is -2.38. The molecule has 1 saturated heterocycles. The van der Waals surface area contributed by atoms with Gasteiger partial charge in [0.1, 0.15) is 0 Å². The van der Waals surface area contributed by atoms with Gasteiger partial charge in [-0.1, -0.05) is 66.7 Å². The number of nitrogens with zero attached hydrogens (tertiary/aromatic N) is 2. The van der Waals surface area contributed by atoms with E-state index in [-0.39, 0.29) is 11.8 Å². The van der Waals surface area contributed by atoms with E-state index in [4.69, 9.17) is 0 Å². The first-order valence-corrected chi connectivity index (χ1v) is 9.81. The van der Waals surface area contributed by atoms with Gasteiger partial charge in [-0.15, -0.1) is 0 Å². The van der Waals surface area contributed by atoms with Crippen molar-refractivity contribution in [3.8, 4) is 0 Å². The van der Waals surface area contributed by atoms with Gasteiger partial charge in [0.15, 0.2) is 0 Å². The fourth-order valence-electron chi connectivity index (χ4n) is 3.83. The van der Waals surface area contributed by atoms with Crippen LogP contribution in [0.5, 0.6) is 0 Å². The first-order chi connectivity index (χ1) is 13.7. The number of carbonyl (C=O) groups excluding carboxylic acids is 2. The lowest BCUT2D eigenvalue weighted by molar-refractivity contribution is -0.130. The maximum atomic E-state index is 13.2. The van der Waals surface area contributed by atoms with Crippen LogP contribution in [0.3, 0.4) is 0 Å². The molecular formula is C24H24N2O2. The van der Waals surface area contributed by atoms with E-state index in [1.807, 2.05) is 82.6 Å². The third-order valence-corrected chi connectivity index (χ3v) is 5.35. The van der Waals surface area contributed by atoms with Gasteiger partial charge in [-0.2, -0.15) is 0 Å². The molecule has 1 fully saturated rings. The molecule has 0 bridgehead atoms. The maximum Gasteiger partial charge on any atom is 0.254 e. The van der Waals surface area contributed by atoms with Crippen molar-refractivity contribution in [3.05, 3.63) is 83.9 Å². The van der Waals surface area contributed by atoms with Crippen LogP contribution in [0.1, 0.15) is 22.3 Å². The number of hydrogen-bond donors (Lipinski definition) is 0. The molecule has 0 N–H and O–H groups in total. The molecule has 0 aliphatic carbocycles. The second-order valence-corrected chi connectivity index (χ2v) is 7.22. The van der Waals surface area contributed by atoms with E-state index in [1.165, 1.54) is 0 Å². The summed E-state index contributed by atoms with van der Waals surface area (Å²) in [4.78, 5) is 29.6. The zero-order valence-electron chi connectivity index (χ0n) is 15.9. The SMILES string of the molecule is O=C(Cc1ccccc1)N1CCCN(C(=O)c2cccc3ccccc23)CC1. The monoisotopic (exact) mass is 372 g/mol. The Morgan fingerprint density at radius 2 is 1.39 bits per heavy atom. The highest BCUT2D eigenvalue weighted by molar-refractivity contribution is 6.07. The Morgan fingerprint density at radius 1 is 0.714 bits per heavy atom. The Morgan fingerprint density at radius 3 is 2.25 bits per heavy atom. The Balaban J connectivity index is 1.45. The van der Waals surface area contributed by atoms with Gasteiger partial charge in [-0.3, -0.25) is 9.59 Å². The van der Waals surface area contributed by atoms with Crippen molar-refractivity contribution >= 4 is 22.6 Å². The molecular weight excluding hydrogens is 348 g/mol. The van der Waals surface area contributed by atoms with Crippen LogP contribution in [-0.4, -0.2) is 47.8 Å². The van der Waals surface area contributed by atoms with E-state index in [0.29, 0.717) is 32.6 Å². The summed E-state index contributed by atoms with van der Waals surface area (Å²) in [5.41, 5.74) is 1.77. The number of carbonyl (C=O) groups is 2. The van der Waals surface area contributed by atoms with Gasteiger partial charge in [0.05, 0.1) is 6.42 Å². The fraction of sp³-hybridized carbons (Fsp3) is 0.250. The number of benzene rings is 3. The molecule has 1 aliphatic rings. The number of rotatable bonds is 3. The summed E-state index contributed by atoms with van der Waals surface area (Å²) in [7, 11) is 0. The lowest BCUT2D eigenvalue weighted by Gasteiger charge is -2.23. The molecule has 142 valence electrons. The number of hydrogen-bond acceptors (Lipinski definition) is 2. The van der Waals surface area contributed by atoms with Crippen LogP contribution in [0.25, 0.3) is 10.8 Å². The minimum Gasteiger partial charge on any atom is -0.341 e. The molecule has 0 unspecified atom stereocenters. The molecule has 0 aromatic heterocycles. The van der Waals surface area contributed by atoms with Crippen molar-refractivity contribution in [2.24, 2.45) is 0 Å². The van der Waals surface area contributed by atoms with E-state index < -0.39 is 0 Å². The molecule has 0 spiro atoms. The topological polar surface area (TPSA) is 40.6 Å². The quantitative estimate of drug-likeness (QED) is 0.702. The van der Waals surface area contributed by atoms with Crippen molar-refractivity contribution < 1.29 is 9.59 Å². The average molecular weight is 372 g/mol. The van der Waals surface area contributed by atoms with Crippen molar-refractivity contribution in [1.29, 1.82) is 0 Å². The molecule has 1 heterocycles. The first-order valence-electron chi connectivity index (χ1n) is 9.81. The van der Waals surface area contributed by atoms with Crippen LogP contribution in [0, 0.1) is 0 Å². The second-order valence-electron chi connectivity index (χ2n) is 7.22. The van der Waals surface area contributed by atoms with Crippen LogP contribution in [0.15, 0.2) is 72.8 Å². The Bertz CT molecular complexity index is 979. The van der Waals surface area contributed by atoms with Gasteiger partial charge in [-0.25, -0.2) is 0 Å². The maximum absolute atomic E-state index is 13.2. The smallest absolute Gasteiger partial charge is 0.254 e. The van der Waals surface area contributed by atoms with Gasteiger partial charge < -0.3 is 9.80 Å². The Hall–Kier alpha value is -3.14. The van der Waals surface area contributed by atoms with E-state index >= 15 is 0 Å². The predicted octanol–water partition coefficient (Wildman–Crippen LogP) is 3.76. The van der Waals surface area contributed by atoms with E-state index in [2.05, 4.69) is 0 Å². The fourth-order valence-corrected chi connectivity index (χ4v) is 3.83. The number of fused-ring (bicyclic) bond motifs is 1. The Labute approximate surface area is 165 Å². The summed E-state index contributed by atoms with van der Waals surface area (Å²) < 4.78 is 0. The minimum absolute atomic E-state index is 0.0501. The van der Waals surface area contributed by atoms with E-state index in [9.17, 15) is 9.59 Å². The zero-order chi connectivity index (χ0) is 19.3. The third-order valence-electron chi connectivity index (χ3n) is 5.35. The molecule has 0 radical (unpaired) electrons. The van der Waals surface area contributed by atoms with Gasteiger partial charge in [-0.05, 0) is 28.8 Å². The highest BCUT2D eigenvalue weighted by atomic mass is 16.2. The molecule has 4 nitrogen and oxygen atoms in total. The highest BCUT2D eigenvalue weighted by Gasteiger charge is 2.23. The van der Waals surface area contributed by atoms with Crippen LogP contribution >= 0.6 is 0 Å². The summed E-state index contributed by atoms with van der Waals surface area (Å²) in [6.45, 7) is 2.53. The molecule has 0 atom stereocenters. The average Bonchev–Trinajstić information content (AvgIpc) is 3.00. The van der Waals surface area contributed by atoms with Crippen LogP contribution in [0.2, 0.25) is 0 Å². The second kappa shape index (κ2) is 8.26. The largest absolute Gasteiger partial charge is 0.341 e. The summed E-state index contributed by atoms with van der Waals surface area (Å²) in [6, 6.07) is 23.6. The van der Waals surface area contributed by atoms with Crippen molar-refractivity contribution in [2.45, 2.75) is 12.8 Å². The molecule has 3 aromatic rings. The molecule has 4 rings (SSSR count). The van der Waals surface area contributed by atoms with Gasteiger partial charge >= 0.3 is 0 Å². The zero-order valence-corrected chi connectivity index (χ0v) is 15.9. The molecule has 0 saturated carbocycles. The molecule has 4 heteroatoms. The van der Waals surface area contributed by atoms with Gasteiger partial charge in [0.2, 0.25) is 5.91 Å². The summed E-state index contributed by atoms with van der Waals surface area (Å²) in [5.74, 6) is 0.180. The van der Waals surface area contributed by atoms with Crippen molar-refractivity contribution in [1.82, 2.24) is 9.80 Å². The normalized spacial score (nSPS) is 14.7. The first kappa shape index (κ1) is 18.2. The predicted molar refractivity (Wildman–Crippen MR) is 111 cm³/mol. The molecule has 1 aliphatic heterocycles. The Kier molecular flexibility index (Phi) is 5.38. The standard InChI is InChI=1S/C24H24N2O2/c27-23(18-19-8-2-1-3-9-19)25-14-7-15-26(17-16-25)24(28)22-13-6-11-20-10-4-5-12-21(20)22/h1-6,8-13H,7,14-18H2. The molecule has 3 aromatic carbocycles. The number of amides is 2. The van der Waals surface area contributed by atoms with Crippen LogP contribution in [-0.2, 0) is 11.2 Å². The summed E-state index contributed by atoms with van der Waals surface area (Å²) >= 11 is 0. The molecule has 2 amide bonds. The minimum atomic E-state index is 0.0501. The van der Waals surface area contributed by atoms with Gasteiger partial charge in [0.25, 0.3) is 5.91 Å². The van der Waals surface area contributed by atoms with E-state index in [1.54, 1.807) is 0 Å². The highest BCUT2D eigenvalue weighted by Crippen LogP contribution is 2.21. The molecule has 28 heavy (non-hydrogen) atoms. The summed E-state index contributed by atoms with van der Waals surface area (Å²) in [5, 5.41) is 2.05.